The average molecular weight is 423 g/mol. The van der Waals surface area contributed by atoms with Crippen LogP contribution < -0.4 is 9.84 Å². The highest BCUT2D eigenvalue weighted by Gasteiger charge is 2.49. The van der Waals surface area contributed by atoms with Gasteiger partial charge in [-0.3, -0.25) is 14.6 Å². The van der Waals surface area contributed by atoms with Crippen LogP contribution in [0.25, 0.3) is 0 Å². The SMILES string of the molecule is COc1ccc([C@@H]2C3=C(CC(C)(C)CC3=O)N=C3CC(C)(C)CC(=O)C32)cc1C(=O)[O-]. The minimum Gasteiger partial charge on any atom is -0.545 e. The van der Waals surface area contributed by atoms with Gasteiger partial charge in [-0.05, 0) is 41.4 Å². The number of carboxylic acids is 1. The summed E-state index contributed by atoms with van der Waals surface area (Å²) in [4.78, 5) is 43.2. The van der Waals surface area contributed by atoms with E-state index in [-0.39, 0.29) is 33.7 Å². The van der Waals surface area contributed by atoms with E-state index in [1.807, 2.05) is 13.8 Å². The molecule has 0 bridgehead atoms. The summed E-state index contributed by atoms with van der Waals surface area (Å²) in [5.74, 6) is -2.20. The number of aliphatic imine (C=N–C) groups is 1. The number of benzene rings is 1. The maximum atomic E-state index is 13.3. The maximum Gasteiger partial charge on any atom is 0.161 e. The van der Waals surface area contributed by atoms with Crippen molar-refractivity contribution in [2.45, 2.75) is 59.3 Å². The topological polar surface area (TPSA) is 95.9 Å². The fraction of sp³-hybridized carbons (Fsp3) is 0.520. The van der Waals surface area contributed by atoms with Crippen molar-refractivity contribution in [1.29, 1.82) is 0 Å². The van der Waals surface area contributed by atoms with Crippen molar-refractivity contribution in [3.63, 3.8) is 0 Å². The number of nitrogens with zero attached hydrogens (tertiary/aromatic N) is 1. The van der Waals surface area contributed by atoms with E-state index < -0.39 is 17.8 Å². The van der Waals surface area contributed by atoms with Crippen LogP contribution in [0.15, 0.2) is 34.5 Å². The van der Waals surface area contributed by atoms with Crippen LogP contribution in [0.4, 0.5) is 0 Å². The van der Waals surface area contributed by atoms with Crippen molar-refractivity contribution in [3.8, 4) is 5.75 Å². The molecule has 4 rings (SSSR count). The third-order valence-corrected chi connectivity index (χ3v) is 6.64. The van der Waals surface area contributed by atoms with E-state index in [1.165, 1.54) is 13.2 Å². The molecule has 1 saturated carbocycles. The average Bonchev–Trinajstić information content (AvgIpc) is 2.63. The molecule has 1 unspecified atom stereocenters. The number of hydrogen-bond acceptors (Lipinski definition) is 6. The van der Waals surface area contributed by atoms with Gasteiger partial charge in [0.15, 0.2) is 5.78 Å². The van der Waals surface area contributed by atoms with Crippen LogP contribution in [0, 0.1) is 16.7 Å². The number of rotatable bonds is 3. The molecule has 2 atom stereocenters. The second kappa shape index (κ2) is 7.14. The lowest BCUT2D eigenvalue weighted by atomic mass is 9.60. The normalized spacial score (nSPS) is 26.7. The Labute approximate surface area is 182 Å². The van der Waals surface area contributed by atoms with Gasteiger partial charge in [0, 0.05) is 41.3 Å². The van der Waals surface area contributed by atoms with E-state index in [9.17, 15) is 19.5 Å². The Kier molecular flexibility index (Phi) is 4.95. The molecule has 0 saturated heterocycles. The summed E-state index contributed by atoms with van der Waals surface area (Å²) in [6, 6.07) is 4.82. The lowest BCUT2D eigenvalue weighted by Crippen LogP contribution is -2.45. The summed E-state index contributed by atoms with van der Waals surface area (Å²) in [7, 11) is 1.40. The second-order valence-corrected chi connectivity index (χ2v) is 10.6. The molecule has 0 amide bonds. The number of Topliss-reactive ketones (excluding diaryl/α,β-unsaturated/α-hetero) is 2. The van der Waals surface area contributed by atoms with E-state index in [0.29, 0.717) is 36.8 Å². The summed E-state index contributed by atoms with van der Waals surface area (Å²) < 4.78 is 5.17. The van der Waals surface area contributed by atoms with Crippen LogP contribution in [0.5, 0.6) is 5.75 Å². The smallest absolute Gasteiger partial charge is 0.161 e. The molecule has 164 valence electrons. The van der Waals surface area contributed by atoms with E-state index in [1.54, 1.807) is 12.1 Å². The lowest BCUT2D eigenvalue weighted by Gasteiger charge is -2.44. The first-order chi connectivity index (χ1) is 14.4. The van der Waals surface area contributed by atoms with Crippen LogP contribution in [-0.2, 0) is 9.59 Å². The van der Waals surface area contributed by atoms with Crippen LogP contribution >= 0.6 is 0 Å². The zero-order valence-electron chi connectivity index (χ0n) is 18.7. The largest absolute Gasteiger partial charge is 0.545 e. The van der Waals surface area contributed by atoms with E-state index in [0.717, 1.165) is 11.4 Å². The number of allylic oxidation sites excluding steroid dienone is 2. The molecule has 2 aliphatic carbocycles. The Morgan fingerprint density at radius 1 is 1.03 bits per heavy atom. The quantitative estimate of drug-likeness (QED) is 0.745. The van der Waals surface area contributed by atoms with Crippen molar-refractivity contribution in [2.75, 3.05) is 7.11 Å². The monoisotopic (exact) mass is 422 g/mol. The molecule has 3 aliphatic rings. The molecule has 31 heavy (non-hydrogen) atoms. The molecule has 1 aromatic carbocycles. The number of ether oxygens (including phenoxy) is 1. The molecule has 1 aromatic rings. The molecular weight excluding hydrogens is 394 g/mol. The zero-order chi connectivity index (χ0) is 22.7. The molecular formula is C25H28NO5-. The number of aromatic carboxylic acids is 1. The van der Waals surface area contributed by atoms with Crippen molar-refractivity contribution in [3.05, 3.63) is 40.6 Å². The number of carbonyl (C=O) groups excluding carboxylic acids is 3. The first-order valence-corrected chi connectivity index (χ1v) is 10.7. The Bertz CT molecular complexity index is 1060. The van der Waals surface area contributed by atoms with Crippen molar-refractivity contribution < 1.29 is 24.2 Å². The van der Waals surface area contributed by atoms with Crippen molar-refractivity contribution in [2.24, 2.45) is 21.7 Å². The summed E-state index contributed by atoms with van der Waals surface area (Å²) in [5.41, 5.74) is 2.25. The van der Waals surface area contributed by atoms with Gasteiger partial charge in [-0.15, -0.1) is 0 Å². The van der Waals surface area contributed by atoms with Crippen molar-refractivity contribution in [1.82, 2.24) is 0 Å². The van der Waals surface area contributed by atoms with Gasteiger partial charge in [0.2, 0.25) is 0 Å². The molecule has 0 radical (unpaired) electrons. The number of fused-ring (bicyclic) bond motifs is 1. The number of hydrogen-bond donors (Lipinski definition) is 0. The van der Waals surface area contributed by atoms with Gasteiger partial charge in [0.25, 0.3) is 0 Å². The fourth-order valence-corrected chi connectivity index (χ4v) is 5.45. The van der Waals surface area contributed by atoms with Gasteiger partial charge in [0.1, 0.15) is 11.5 Å². The first-order valence-electron chi connectivity index (χ1n) is 10.7. The highest BCUT2D eigenvalue weighted by Crippen LogP contribution is 2.51. The lowest BCUT2D eigenvalue weighted by molar-refractivity contribution is -0.255. The molecule has 6 nitrogen and oxygen atoms in total. The van der Waals surface area contributed by atoms with Gasteiger partial charge in [-0.2, -0.15) is 0 Å². The summed E-state index contributed by atoms with van der Waals surface area (Å²) in [6.07, 6.45) is 2.11. The molecule has 0 spiro atoms. The predicted molar refractivity (Wildman–Crippen MR) is 114 cm³/mol. The molecule has 1 heterocycles. The zero-order valence-corrected chi connectivity index (χ0v) is 18.7. The molecule has 1 aliphatic heterocycles. The Morgan fingerprint density at radius 2 is 1.71 bits per heavy atom. The molecule has 0 N–H and O–H groups in total. The first kappa shape index (κ1) is 21.5. The van der Waals surface area contributed by atoms with Crippen molar-refractivity contribution >= 4 is 23.2 Å². The van der Waals surface area contributed by atoms with E-state index in [2.05, 4.69) is 13.8 Å². The van der Waals surface area contributed by atoms with Crippen LogP contribution in [0.2, 0.25) is 0 Å². The fourth-order valence-electron chi connectivity index (χ4n) is 5.45. The maximum absolute atomic E-state index is 13.3. The van der Waals surface area contributed by atoms with Crippen LogP contribution in [0.1, 0.15) is 75.2 Å². The second-order valence-electron chi connectivity index (χ2n) is 10.6. The Balaban J connectivity index is 1.93. The summed E-state index contributed by atoms with van der Waals surface area (Å²) in [6.45, 7) is 8.21. The predicted octanol–water partition coefficient (Wildman–Crippen LogP) is 3.25. The Morgan fingerprint density at radius 3 is 2.35 bits per heavy atom. The molecule has 1 fully saturated rings. The minimum atomic E-state index is -1.36. The molecule has 6 heteroatoms. The number of carboxylic acid groups (broad SMARTS) is 1. The number of ketones is 2. The summed E-state index contributed by atoms with van der Waals surface area (Å²) >= 11 is 0. The standard InChI is InChI=1S/C25H29NO5/c1-24(2)9-15-21(17(27)11-24)20(13-6-7-19(31-5)14(8-13)23(29)30)22-16(26-15)10-25(3,4)12-18(22)28/h6-8,20-21H,9-12H2,1-5H3,(H,29,30)/p-1/t20-,21?/m0/s1. The molecule has 0 aromatic heterocycles. The van der Waals surface area contributed by atoms with Gasteiger partial charge in [-0.1, -0.05) is 33.8 Å². The van der Waals surface area contributed by atoms with E-state index >= 15 is 0 Å². The summed E-state index contributed by atoms with van der Waals surface area (Å²) in [5, 5.41) is 11.7. The van der Waals surface area contributed by atoms with Gasteiger partial charge in [0.05, 0.1) is 19.0 Å². The van der Waals surface area contributed by atoms with E-state index in [4.69, 9.17) is 9.73 Å². The Hall–Kier alpha value is -2.76. The van der Waals surface area contributed by atoms with Gasteiger partial charge < -0.3 is 14.6 Å². The number of carbonyl (C=O) groups is 3. The number of methoxy groups -OCH3 is 1. The van der Waals surface area contributed by atoms with Crippen LogP contribution in [0.3, 0.4) is 0 Å². The minimum absolute atomic E-state index is 0.0116. The highest BCUT2D eigenvalue weighted by molar-refractivity contribution is 6.13. The van der Waals surface area contributed by atoms with Crippen LogP contribution in [-0.4, -0.2) is 30.4 Å². The highest BCUT2D eigenvalue weighted by atomic mass is 16.5. The third kappa shape index (κ3) is 3.73. The van der Waals surface area contributed by atoms with Gasteiger partial charge >= 0.3 is 0 Å². The van der Waals surface area contributed by atoms with Gasteiger partial charge in [-0.25, -0.2) is 0 Å². The third-order valence-electron chi connectivity index (χ3n) is 6.64.